The van der Waals surface area contributed by atoms with E-state index in [4.69, 9.17) is 14.7 Å². The number of aryl methyl sites for hydroxylation is 3. The molecule has 2 heterocycles. The molecule has 0 atom stereocenters. The van der Waals surface area contributed by atoms with Gasteiger partial charge in [0.25, 0.3) is 0 Å². The fourth-order valence-corrected chi connectivity index (χ4v) is 2.73. The summed E-state index contributed by atoms with van der Waals surface area (Å²) in [4.78, 5) is 16.9. The fraction of sp³-hybridized carbons (Fsp3) is 0.263. The van der Waals surface area contributed by atoms with E-state index < -0.39 is 5.97 Å². The quantitative estimate of drug-likeness (QED) is 0.519. The van der Waals surface area contributed by atoms with Crippen LogP contribution in [-0.4, -0.2) is 33.9 Å². The lowest BCUT2D eigenvalue weighted by atomic mass is 10.1. The van der Waals surface area contributed by atoms with Crippen LogP contribution in [0.1, 0.15) is 27.3 Å². The van der Waals surface area contributed by atoms with Gasteiger partial charge in [-0.1, -0.05) is 0 Å². The molecule has 0 N–H and O–H groups in total. The van der Waals surface area contributed by atoms with Crippen LogP contribution in [0.5, 0.6) is 5.75 Å². The van der Waals surface area contributed by atoms with Gasteiger partial charge in [0.1, 0.15) is 19.0 Å². The molecule has 3 aromatic rings. The topological polar surface area (TPSA) is 90.0 Å². The van der Waals surface area contributed by atoms with Crippen LogP contribution in [-0.2, 0) is 11.8 Å². The largest absolute Gasteiger partial charge is 0.490 e. The smallest absolute Gasteiger partial charge is 0.339 e. The molecule has 0 aliphatic carbocycles. The Kier molecular flexibility index (Phi) is 4.85. The molecule has 132 valence electrons. The Labute approximate surface area is 150 Å². The van der Waals surface area contributed by atoms with Crippen molar-refractivity contribution in [2.75, 3.05) is 13.2 Å². The Balaban J connectivity index is 1.65. The number of fused-ring (bicyclic) bond motifs is 1. The highest BCUT2D eigenvalue weighted by atomic mass is 16.6. The number of benzene rings is 1. The molecule has 0 bridgehead atoms. The van der Waals surface area contributed by atoms with Crippen molar-refractivity contribution in [3.8, 4) is 11.8 Å². The summed E-state index contributed by atoms with van der Waals surface area (Å²) in [6, 6.07) is 10.5. The lowest BCUT2D eigenvalue weighted by molar-refractivity contribution is 0.0452. The molecule has 0 spiro atoms. The van der Waals surface area contributed by atoms with E-state index in [9.17, 15) is 4.79 Å². The second-order valence-electron chi connectivity index (χ2n) is 5.84. The first-order valence-corrected chi connectivity index (χ1v) is 8.10. The first-order chi connectivity index (χ1) is 12.5. The Morgan fingerprint density at radius 2 is 1.96 bits per heavy atom. The Morgan fingerprint density at radius 3 is 2.65 bits per heavy atom. The number of esters is 1. The summed E-state index contributed by atoms with van der Waals surface area (Å²) in [5, 5.41) is 13.8. The van der Waals surface area contributed by atoms with Gasteiger partial charge in [-0.3, -0.25) is 4.68 Å². The minimum atomic E-state index is -0.431. The highest BCUT2D eigenvalue weighted by Crippen LogP contribution is 2.22. The molecule has 0 saturated carbocycles. The van der Waals surface area contributed by atoms with Crippen LogP contribution in [0.4, 0.5) is 0 Å². The van der Waals surface area contributed by atoms with Crippen molar-refractivity contribution in [2.45, 2.75) is 13.8 Å². The predicted octanol–water partition coefficient (Wildman–Crippen LogP) is 2.69. The normalized spacial score (nSPS) is 10.5. The standard InChI is InChI=1S/C19H18N4O3/c1-12-10-16(17-13(2)22-23(3)18(17)21-12)19(24)26-9-8-25-15-6-4-14(11-20)5-7-15/h4-7,10H,8-9H2,1-3H3. The minimum absolute atomic E-state index is 0.112. The number of hydrogen-bond acceptors (Lipinski definition) is 6. The summed E-state index contributed by atoms with van der Waals surface area (Å²) in [6.45, 7) is 3.99. The number of hydrogen-bond donors (Lipinski definition) is 0. The number of nitriles is 1. The molecule has 7 nitrogen and oxygen atoms in total. The molecular formula is C19H18N4O3. The molecule has 2 aromatic heterocycles. The van der Waals surface area contributed by atoms with Gasteiger partial charge in [0.05, 0.1) is 28.3 Å². The number of ether oxygens (including phenoxy) is 2. The van der Waals surface area contributed by atoms with Crippen molar-refractivity contribution >= 4 is 17.0 Å². The van der Waals surface area contributed by atoms with E-state index in [0.717, 1.165) is 11.4 Å². The molecule has 26 heavy (non-hydrogen) atoms. The van der Waals surface area contributed by atoms with Crippen LogP contribution in [0.15, 0.2) is 30.3 Å². The number of carbonyl (C=O) groups is 1. The highest BCUT2D eigenvalue weighted by molar-refractivity contribution is 6.03. The van der Waals surface area contributed by atoms with Crippen molar-refractivity contribution in [3.05, 3.63) is 52.8 Å². The zero-order valence-electron chi connectivity index (χ0n) is 14.8. The van der Waals surface area contributed by atoms with Gasteiger partial charge in [-0.15, -0.1) is 0 Å². The van der Waals surface area contributed by atoms with Gasteiger partial charge in [0.2, 0.25) is 0 Å². The van der Waals surface area contributed by atoms with Crippen LogP contribution < -0.4 is 4.74 Å². The third-order valence-electron chi connectivity index (χ3n) is 3.89. The maximum Gasteiger partial charge on any atom is 0.339 e. The van der Waals surface area contributed by atoms with Gasteiger partial charge in [-0.2, -0.15) is 10.4 Å². The van der Waals surface area contributed by atoms with Crippen molar-refractivity contribution < 1.29 is 14.3 Å². The van der Waals surface area contributed by atoms with Crippen LogP contribution in [0.25, 0.3) is 11.0 Å². The molecule has 0 radical (unpaired) electrons. The average Bonchev–Trinajstić information content (AvgIpc) is 2.92. The molecule has 0 unspecified atom stereocenters. The van der Waals surface area contributed by atoms with Crippen LogP contribution in [0.3, 0.4) is 0 Å². The second kappa shape index (κ2) is 7.23. The number of pyridine rings is 1. The number of carbonyl (C=O) groups excluding carboxylic acids is 1. The summed E-state index contributed by atoms with van der Waals surface area (Å²) >= 11 is 0. The minimum Gasteiger partial charge on any atom is -0.490 e. The summed E-state index contributed by atoms with van der Waals surface area (Å²) in [5.41, 5.74) is 3.13. The third kappa shape index (κ3) is 3.49. The highest BCUT2D eigenvalue weighted by Gasteiger charge is 2.18. The summed E-state index contributed by atoms with van der Waals surface area (Å²) < 4.78 is 12.5. The van der Waals surface area contributed by atoms with Gasteiger partial charge in [0, 0.05) is 12.7 Å². The maximum atomic E-state index is 12.5. The summed E-state index contributed by atoms with van der Waals surface area (Å²) in [5.74, 6) is 0.185. The lowest BCUT2D eigenvalue weighted by Crippen LogP contribution is -2.13. The van der Waals surface area contributed by atoms with Gasteiger partial charge < -0.3 is 9.47 Å². The van der Waals surface area contributed by atoms with Gasteiger partial charge in [-0.25, -0.2) is 9.78 Å². The van der Waals surface area contributed by atoms with Crippen molar-refractivity contribution in [1.29, 1.82) is 5.26 Å². The monoisotopic (exact) mass is 350 g/mol. The van der Waals surface area contributed by atoms with Gasteiger partial charge in [0.15, 0.2) is 5.65 Å². The Morgan fingerprint density at radius 1 is 1.23 bits per heavy atom. The van der Waals surface area contributed by atoms with Crippen molar-refractivity contribution in [2.24, 2.45) is 7.05 Å². The molecule has 1 aromatic carbocycles. The summed E-state index contributed by atoms with van der Waals surface area (Å²) in [6.07, 6.45) is 0. The molecule has 0 saturated heterocycles. The van der Waals surface area contributed by atoms with Crippen LogP contribution in [0.2, 0.25) is 0 Å². The average molecular weight is 350 g/mol. The van der Waals surface area contributed by atoms with Gasteiger partial charge >= 0.3 is 5.97 Å². The lowest BCUT2D eigenvalue weighted by Gasteiger charge is -2.09. The molecule has 0 amide bonds. The number of aromatic nitrogens is 3. The SMILES string of the molecule is Cc1cc(C(=O)OCCOc2ccc(C#N)cc2)c2c(C)nn(C)c2n1. The van der Waals surface area contributed by atoms with E-state index in [2.05, 4.69) is 10.1 Å². The maximum absolute atomic E-state index is 12.5. The van der Waals surface area contributed by atoms with E-state index in [0.29, 0.717) is 27.9 Å². The molecular weight excluding hydrogens is 332 g/mol. The number of nitrogens with zero attached hydrogens (tertiary/aromatic N) is 4. The molecule has 0 aliphatic rings. The first-order valence-electron chi connectivity index (χ1n) is 8.10. The molecule has 0 fully saturated rings. The van der Waals surface area contributed by atoms with Crippen LogP contribution >= 0.6 is 0 Å². The zero-order valence-corrected chi connectivity index (χ0v) is 14.8. The second-order valence-corrected chi connectivity index (χ2v) is 5.84. The Hall–Kier alpha value is -3.40. The molecule has 3 rings (SSSR count). The zero-order chi connectivity index (χ0) is 18.7. The van der Waals surface area contributed by atoms with Crippen molar-refractivity contribution in [1.82, 2.24) is 14.8 Å². The summed E-state index contributed by atoms with van der Waals surface area (Å²) in [7, 11) is 1.79. The Bertz CT molecular complexity index is 1000. The van der Waals surface area contributed by atoms with E-state index in [1.165, 1.54) is 0 Å². The number of rotatable bonds is 5. The van der Waals surface area contributed by atoms with E-state index in [1.807, 2.05) is 19.9 Å². The van der Waals surface area contributed by atoms with E-state index >= 15 is 0 Å². The van der Waals surface area contributed by atoms with E-state index in [1.54, 1.807) is 42.1 Å². The predicted molar refractivity (Wildman–Crippen MR) is 94.9 cm³/mol. The molecule has 0 aliphatic heterocycles. The third-order valence-corrected chi connectivity index (χ3v) is 3.89. The molecule has 7 heteroatoms. The van der Waals surface area contributed by atoms with Crippen LogP contribution in [0, 0.1) is 25.2 Å². The van der Waals surface area contributed by atoms with E-state index in [-0.39, 0.29) is 13.2 Å². The fourth-order valence-electron chi connectivity index (χ4n) is 2.73. The van der Waals surface area contributed by atoms with Gasteiger partial charge in [-0.05, 0) is 44.2 Å². The first kappa shape index (κ1) is 17.4. The van der Waals surface area contributed by atoms with Crippen molar-refractivity contribution in [3.63, 3.8) is 0 Å².